The second kappa shape index (κ2) is 3.04. The molecule has 10 atom stereocenters. The summed E-state index contributed by atoms with van der Waals surface area (Å²) in [5.74, 6) is 1.76. The van der Waals surface area contributed by atoms with Crippen molar-refractivity contribution in [3.05, 3.63) is 0 Å². The van der Waals surface area contributed by atoms with Gasteiger partial charge >= 0.3 is 6.09 Å². The van der Waals surface area contributed by atoms with E-state index in [1.54, 1.807) is 0 Å². The van der Waals surface area contributed by atoms with Crippen LogP contribution in [0.4, 0.5) is 4.79 Å². The van der Waals surface area contributed by atoms with Gasteiger partial charge in [-0.25, -0.2) is 4.79 Å². The number of aliphatic hydroxyl groups is 1. The Morgan fingerprint density at radius 3 is 2.83 bits per heavy atom. The Kier molecular flexibility index (Phi) is 1.77. The number of hydrogen-bond acceptors (Lipinski definition) is 4. The van der Waals surface area contributed by atoms with Crippen molar-refractivity contribution in [2.75, 3.05) is 0 Å². The molecule has 3 saturated carbocycles. The van der Waals surface area contributed by atoms with Gasteiger partial charge in [0.1, 0.15) is 12.2 Å². The molecule has 2 aliphatic heterocycles. The van der Waals surface area contributed by atoms with Crippen molar-refractivity contribution in [2.24, 2.45) is 23.7 Å². The van der Waals surface area contributed by atoms with Gasteiger partial charge in [-0.1, -0.05) is 15.9 Å². The molecule has 0 radical (unpaired) electrons. The number of ether oxygens (including phenoxy) is 2. The van der Waals surface area contributed by atoms with Crippen LogP contribution >= 0.6 is 15.9 Å². The summed E-state index contributed by atoms with van der Waals surface area (Å²) in [5.41, 5.74) is 0. The molecule has 7 unspecified atom stereocenters. The highest BCUT2D eigenvalue weighted by Gasteiger charge is 2.72. The lowest BCUT2D eigenvalue weighted by Gasteiger charge is -2.42. The van der Waals surface area contributed by atoms with E-state index in [4.69, 9.17) is 9.47 Å². The van der Waals surface area contributed by atoms with Crippen molar-refractivity contribution in [3.8, 4) is 0 Å². The predicted molar refractivity (Wildman–Crippen MR) is 63.2 cm³/mol. The van der Waals surface area contributed by atoms with Gasteiger partial charge < -0.3 is 19.9 Å². The van der Waals surface area contributed by atoms with E-state index in [1.807, 2.05) is 0 Å². The van der Waals surface area contributed by atoms with Crippen molar-refractivity contribution < 1.29 is 19.4 Å². The first-order valence-electron chi connectivity index (χ1n) is 6.61. The van der Waals surface area contributed by atoms with E-state index >= 15 is 0 Å². The Hall–Kier alpha value is -0.330. The van der Waals surface area contributed by atoms with Crippen LogP contribution in [0.25, 0.3) is 0 Å². The van der Waals surface area contributed by atoms with Gasteiger partial charge in [0.25, 0.3) is 0 Å². The Balaban J connectivity index is 1.63. The molecule has 3 aliphatic carbocycles. The zero-order valence-electron chi connectivity index (χ0n) is 9.53. The van der Waals surface area contributed by atoms with Gasteiger partial charge in [0.2, 0.25) is 0 Å². The maximum atomic E-state index is 11.5. The first-order valence-corrected chi connectivity index (χ1v) is 7.53. The normalized spacial score (nSPS) is 66.9. The monoisotopic (exact) mass is 315 g/mol. The third-order valence-corrected chi connectivity index (χ3v) is 6.98. The van der Waals surface area contributed by atoms with Crippen molar-refractivity contribution >= 4 is 22.0 Å². The first kappa shape index (κ1) is 10.5. The molecule has 5 rings (SSSR count). The highest BCUT2D eigenvalue weighted by Crippen LogP contribution is 2.65. The van der Waals surface area contributed by atoms with Crippen LogP contribution < -0.4 is 5.32 Å². The number of alkyl halides is 1. The molecule has 2 heterocycles. The maximum absolute atomic E-state index is 11.5. The van der Waals surface area contributed by atoms with Crippen molar-refractivity contribution in [3.63, 3.8) is 0 Å². The lowest BCUT2D eigenvalue weighted by Crippen LogP contribution is -2.59. The average molecular weight is 316 g/mol. The van der Waals surface area contributed by atoms with Crippen LogP contribution in [0.3, 0.4) is 0 Å². The van der Waals surface area contributed by atoms with E-state index in [9.17, 15) is 9.90 Å². The summed E-state index contributed by atoms with van der Waals surface area (Å²) in [6, 6.07) is -0.290. The highest BCUT2D eigenvalue weighted by atomic mass is 79.9. The van der Waals surface area contributed by atoms with E-state index in [0.717, 1.165) is 6.42 Å². The van der Waals surface area contributed by atoms with E-state index in [1.165, 1.54) is 0 Å². The molecule has 0 spiro atoms. The topological polar surface area (TPSA) is 67.8 Å². The minimum absolute atomic E-state index is 0.124. The van der Waals surface area contributed by atoms with Gasteiger partial charge in [0.15, 0.2) is 0 Å². The second-order valence-electron chi connectivity index (χ2n) is 6.26. The quantitative estimate of drug-likeness (QED) is 0.629. The molecule has 98 valence electrons. The molecule has 18 heavy (non-hydrogen) atoms. The Morgan fingerprint density at radius 2 is 2.00 bits per heavy atom. The maximum Gasteiger partial charge on any atom is 0.407 e. The Labute approximate surface area is 112 Å². The number of amides is 1. The van der Waals surface area contributed by atoms with Crippen LogP contribution in [-0.2, 0) is 9.47 Å². The number of fused-ring (bicyclic) bond motifs is 4. The van der Waals surface area contributed by atoms with Gasteiger partial charge in [0, 0.05) is 10.7 Å². The largest absolute Gasteiger partial charge is 0.444 e. The van der Waals surface area contributed by atoms with Crippen molar-refractivity contribution in [1.82, 2.24) is 5.32 Å². The summed E-state index contributed by atoms with van der Waals surface area (Å²) in [7, 11) is 0. The van der Waals surface area contributed by atoms with E-state index in [2.05, 4.69) is 21.2 Å². The number of aliphatic hydroxyl groups excluding tert-OH is 1. The molecule has 2 bridgehead atoms. The fourth-order valence-electron chi connectivity index (χ4n) is 5.31. The number of halogens is 1. The lowest BCUT2D eigenvalue weighted by atomic mass is 9.67. The lowest BCUT2D eigenvalue weighted by molar-refractivity contribution is -0.101. The van der Waals surface area contributed by atoms with Crippen LogP contribution in [0.2, 0.25) is 0 Å². The van der Waals surface area contributed by atoms with Crippen LogP contribution in [0.15, 0.2) is 0 Å². The molecule has 0 aromatic carbocycles. The average Bonchev–Trinajstić information content (AvgIpc) is 2.99. The predicted octanol–water partition coefficient (Wildman–Crippen LogP) is 0.251. The summed E-state index contributed by atoms with van der Waals surface area (Å²) in [4.78, 5) is 11.8. The molecule has 1 amide bonds. The molecular formula is C12H14BrNO4. The summed E-state index contributed by atoms with van der Waals surface area (Å²) in [6.45, 7) is 0. The van der Waals surface area contributed by atoms with E-state index < -0.39 is 12.2 Å². The third-order valence-electron chi connectivity index (χ3n) is 5.78. The van der Waals surface area contributed by atoms with Crippen LogP contribution in [0.1, 0.15) is 6.42 Å². The zero-order chi connectivity index (χ0) is 12.2. The summed E-state index contributed by atoms with van der Waals surface area (Å²) < 4.78 is 11.5. The van der Waals surface area contributed by atoms with Crippen LogP contribution in [0, 0.1) is 23.7 Å². The first-order chi connectivity index (χ1) is 8.66. The number of carbonyl (C=O) groups is 1. The number of nitrogens with one attached hydrogen (secondary N) is 1. The van der Waals surface area contributed by atoms with E-state index in [0.29, 0.717) is 28.5 Å². The van der Waals surface area contributed by atoms with Gasteiger partial charge in [-0.3, -0.25) is 0 Å². The van der Waals surface area contributed by atoms with Crippen molar-refractivity contribution in [1.29, 1.82) is 0 Å². The second-order valence-corrected chi connectivity index (χ2v) is 7.32. The number of alkyl carbamates (subject to hydrolysis) is 1. The Morgan fingerprint density at radius 1 is 1.22 bits per heavy atom. The molecule has 0 aromatic heterocycles. The smallest absolute Gasteiger partial charge is 0.407 e. The summed E-state index contributed by atoms with van der Waals surface area (Å²) >= 11 is 3.75. The van der Waals surface area contributed by atoms with Gasteiger partial charge in [0.05, 0.1) is 18.2 Å². The van der Waals surface area contributed by atoms with Crippen LogP contribution in [-0.4, -0.2) is 46.5 Å². The fourth-order valence-corrected chi connectivity index (χ4v) is 6.39. The van der Waals surface area contributed by atoms with Gasteiger partial charge in [-0.05, 0) is 24.2 Å². The van der Waals surface area contributed by atoms with Gasteiger partial charge in [-0.15, -0.1) is 0 Å². The molecule has 5 aliphatic rings. The molecular weight excluding hydrogens is 302 g/mol. The van der Waals surface area contributed by atoms with Gasteiger partial charge in [-0.2, -0.15) is 0 Å². The van der Waals surface area contributed by atoms with Crippen molar-refractivity contribution in [2.45, 2.75) is 41.7 Å². The molecule has 0 aromatic rings. The summed E-state index contributed by atoms with van der Waals surface area (Å²) in [6.07, 6.45) is 0.0544. The fraction of sp³-hybridized carbons (Fsp3) is 0.917. The standard InChI is InChI=1S/C12H14BrNO4/c13-6-2-1-3-5-4(2)10-7(14-12(16)18-10)8(15)11(5)17-9(3)6/h2-11,15H,1H2,(H,14,16)/t2?,3?,4?,5?,6?,7-,8+,9?,10+,11?/m1/s1. The number of hydrogen-bond donors (Lipinski definition) is 2. The third kappa shape index (κ3) is 0.947. The molecule has 2 N–H and O–H groups in total. The molecule has 5 fully saturated rings. The minimum atomic E-state index is -0.633. The molecule has 2 saturated heterocycles. The molecule has 5 nitrogen and oxygen atoms in total. The number of carbonyl (C=O) groups excluding carboxylic acids is 1. The molecule has 6 heteroatoms. The van der Waals surface area contributed by atoms with Crippen LogP contribution in [0.5, 0.6) is 0 Å². The highest BCUT2D eigenvalue weighted by molar-refractivity contribution is 9.09. The minimum Gasteiger partial charge on any atom is -0.444 e. The SMILES string of the molecule is O=C1N[C@@H]2[C@H](O)C3OC4C(Br)C5CC4C3C5[C@@H]2O1. The summed E-state index contributed by atoms with van der Waals surface area (Å²) in [5, 5.41) is 13.2. The number of rotatable bonds is 0. The van der Waals surface area contributed by atoms with E-state index in [-0.39, 0.29) is 24.4 Å². The zero-order valence-corrected chi connectivity index (χ0v) is 11.1. The Bertz CT molecular complexity index is 446.